The first kappa shape index (κ1) is 12.2. The van der Waals surface area contributed by atoms with Gasteiger partial charge in [0.2, 0.25) is 11.8 Å². The Balaban J connectivity index is 2.01. The minimum atomic E-state index is -0.177. The van der Waals surface area contributed by atoms with Crippen molar-refractivity contribution < 1.29 is 9.59 Å². The van der Waals surface area contributed by atoms with Gasteiger partial charge in [-0.15, -0.1) is 0 Å². The second kappa shape index (κ2) is 3.58. The summed E-state index contributed by atoms with van der Waals surface area (Å²) < 4.78 is 0.663. The van der Waals surface area contributed by atoms with Crippen molar-refractivity contribution in [2.75, 3.05) is 4.90 Å². The fourth-order valence-corrected chi connectivity index (χ4v) is 3.71. The Hall–Kier alpha value is -0.870. The average Bonchev–Trinajstić information content (AvgIpc) is 2.72. The second-order valence-electron chi connectivity index (χ2n) is 5.38. The van der Waals surface area contributed by atoms with E-state index in [-0.39, 0.29) is 29.1 Å². The Morgan fingerprint density at radius 2 is 1.78 bits per heavy atom. The van der Waals surface area contributed by atoms with E-state index in [4.69, 9.17) is 11.6 Å². The quantitative estimate of drug-likeness (QED) is 0.742. The zero-order chi connectivity index (χ0) is 13.2. The molecule has 0 N–H and O–H groups in total. The lowest BCUT2D eigenvalue weighted by Gasteiger charge is -2.21. The number of rotatable bonds is 1. The fraction of sp³-hybridized carbons (Fsp3) is 0.385. The molecule has 0 aromatic heterocycles. The molecule has 2 amide bonds. The van der Waals surface area contributed by atoms with Crippen LogP contribution in [0.15, 0.2) is 22.7 Å². The van der Waals surface area contributed by atoms with Crippen LogP contribution in [0.25, 0.3) is 0 Å². The number of carbonyl (C=O) groups is 2. The molecule has 1 aliphatic heterocycles. The first-order valence-electron chi connectivity index (χ1n) is 5.68. The van der Waals surface area contributed by atoms with Crippen molar-refractivity contribution in [1.29, 1.82) is 0 Å². The van der Waals surface area contributed by atoms with E-state index in [1.54, 1.807) is 18.2 Å². The van der Waals surface area contributed by atoms with Gasteiger partial charge in [-0.05, 0) is 39.5 Å². The molecule has 1 saturated heterocycles. The predicted octanol–water partition coefficient (Wildman–Crippen LogP) is 3.25. The Labute approximate surface area is 118 Å². The minimum absolute atomic E-state index is 0.0991. The van der Waals surface area contributed by atoms with Crippen LogP contribution in [0.3, 0.4) is 0 Å². The normalized spacial score (nSPS) is 28.6. The van der Waals surface area contributed by atoms with Gasteiger partial charge in [0.05, 0.1) is 17.5 Å². The van der Waals surface area contributed by atoms with Gasteiger partial charge < -0.3 is 0 Å². The van der Waals surface area contributed by atoms with E-state index in [1.807, 2.05) is 13.8 Å². The molecule has 18 heavy (non-hydrogen) atoms. The van der Waals surface area contributed by atoms with Crippen molar-refractivity contribution in [2.24, 2.45) is 17.3 Å². The highest BCUT2D eigenvalue weighted by atomic mass is 79.9. The van der Waals surface area contributed by atoms with Crippen molar-refractivity contribution in [2.45, 2.75) is 13.8 Å². The van der Waals surface area contributed by atoms with Gasteiger partial charge >= 0.3 is 0 Å². The van der Waals surface area contributed by atoms with E-state index >= 15 is 0 Å². The molecule has 2 atom stereocenters. The highest BCUT2D eigenvalue weighted by Crippen LogP contribution is 2.63. The largest absolute Gasteiger partial charge is 0.274 e. The maximum Gasteiger partial charge on any atom is 0.238 e. The summed E-state index contributed by atoms with van der Waals surface area (Å²) in [7, 11) is 0. The molecule has 1 aliphatic carbocycles. The van der Waals surface area contributed by atoms with Crippen LogP contribution in [-0.4, -0.2) is 11.8 Å². The van der Waals surface area contributed by atoms with Crippen molar-refractivity contribution in [3.63, 3.8) is 0 Å². The molecule has 0 bridgehead atoms. The maximum absolute atomic E-state index is 12.3. The highest BCUT2D eigenvalue weighted by Gasteiger charge is 2.72. The molecule has 0 spiro atoms. The van der Waals surface area contributed by atoms with Crippen LogP contribution >= 0.6 is 27.5 Å². The van der Waals surface area contributed by atoms with E-state index < -0.39 is 0 Å². The van der Waals surface area contributed by atoms with Gasteiger partial charge in [0.15, 0.2) is 0 Å². The number of hydrogen-bond acceptors (Lipinski definition) is 2. The number of amides is 2. The van der Waals surface area contributed by atoms with Gasteiger partial charge in [-0.1, -0.05) is 25.4 Å². The van der Waals surface area contributed by atoms with Crippen LogP contribution in [0, 0.1) is 17.3 Å². The molecule has 2 fully saturated rings. The third-order valence-electron chi connectivity index (χ3n) is 3.95. The van der Waals surface area contributed by atoms with E-state index in [0.717, 1.165) is 0 Å². The van der Waals surface area contributed by atoms with E-state index in [2.05, 4.69) is 15.9 Å². The number of hydrogen-bond donors (Lipinski definition) is 0. The van der Waals surface area contributed by atoms with Crippen molar-refractivity contribution >= 4 is 45.0 Å². The molecule has 1 heterocycles. The molecule has 3 rings (SSSR count). The van der Waals surface area contributed by atoms with Crippen LogP contribution in [0.4, 0.5) is 5.69 Å². The van der Waals surface area contributed by atoms with Crippen LogP contribution < -0.4 is 4.90 Å². The van der Waals surface area contributed by atoms with Crippen molar-refractivity contribution in [1.82, 2.24) is 0 Å². The number of halogens is 2. The summed E-state index contributed by atoms with van der Waals surface area (Å²) >= 11 is 9.21. The molecule has 94 valence electrons. The third kappa shape index (κ3) is 1.42. The van der Waals surface area contributed by atoms with Gasteiger partial charge in [0.1, 0.15) is 0 Å². The highest BCUT2D eigenvalue weighted by molar-refractivity contribution is 9.10. The Bertz CT molecular complexity index is 560. The van der Waals surface area contributed by atoms with Crippen molar-refractivity contribution in [3.8, 4) is 0 Å². The standard InChI is InChI=1S/C13H11BrClNO2/c1-13(2)9-10(13)12(18)16(11(9)17)8-4-3-6(15)5-7(8)14/h3-5,9-10H,1-2H3. The average molecular weight is 329 g/mol. The predicted molar refractivity (Wildman–Crippen MR) is 72.4 cm³/mol. The maximum atomic E-state index is 12.3. The van der Waals surface area contributed by atoms with E-state index in [0.29, 0.717) is 15.2 Å². The monoisotopic (exact) mass is 327 g/mol. The van der Waals surface area contributed by atoms with Gasteiger partial charge in [0.25, 0.3) is 0 Å². The smallest absolute Gasteiger partial charge is 0.238 e. The zero-order valence-electron chi connectivity index (χ0n) is 9.91. The number of carbonyl (C=O) groups excluding carboxylic acids is 2. The molecule has 1 aromatic carbocycles. The molecule has 2 unspecified atom stereocenters. The molecule has 3 nitrogen and oxygen atoms in total. The van der Waals surface area contributed by atoms with Crippen molar-refractivity contribution in [3.05, 3.63) is 27.7 Å². The van der Waals surface area contributed by atoms with Gasteiger partial charge in [0, 0.05) is 9.50 Å². The number of nitrogens with zero attached hydrogens (tertiary/aromatic N) is 1. The summed E-state index contributed by atoms with van der Waals surface area (Å²) in [4.78, 5) is 25.8. The van der Waals surface area contributed by atoms with Crippen LogP contribution in [0.1, 0.15) is 13.8 Å². The fourth-order valence-electron chi connectivity index (χ4n) is 2.85. The Morgan fingerprint density at radius 3 is 2.28 bits per heavy atom. The third-order valence-corrected chi connectivity index (χ3v) is 4.82. The number of fused-ring (bicyclic) bond motifs is 1. The number of benzene rings is 1. The molecule has 1 saturated carbocycles. The minimum Gasteiger partial charge on any atom is -0.274 e. The van der Waals surface area contributed by atoms with Crippen LogP contribution in [-0.2, 0) is 9.59 Å². The zero-order valence-corrected chi connectivity index (χ0v) is 12.2. The van der Waals surface area contributed by atoms with Crippen LogP contribution in [0.5, 0.6) is 0 Å². The molecule has 1 aromatic rings. The lowest BCUT2D eigenvalue weighted by molar-refractivity contribution is -0.125. The second-order valence-corrected chi connectivity index (χ2v) is 6.68. The van der Waals surface area contributed by atoms with E-state index in [9.17, 15) is 9.59 Å². The van der Waals surface area contributed by atoms with Gasteiger partial charge in [-0.25, -0.2) is 4.90 Å². The number of anilines is 1. The summed E-state index contributed by atoms with van der Waals surface area (Å²) in [5, 5.41) is 0.565. The summed E-state index contributed by atoms with van der Waals surface area (Å²) in [6.45, 7) is 3.93. The first-order valence-corrected chi connectivity index (χ1v) is 6.85. The summed E-state index contributed by atoms with van der Waals surface area (Å²) in [6, 6.07) is 5.06. The SMILES string of the molecule is CC1(C)C2C(=O)N(c3ccc(Cl)cc3Br)C(=O)C21. The van der Waals surface area contributed by atoms with Crippen LogP contribution in [0.2, 0.25) is 5.02 Å². The lowest BCUT2D eigenvalue weighted by atomic mass is 10.1. The lowest BCUT2D eigenvalue weighted by Crippen LogP contribution is -2.36. The molecule has 2 aliphatic rings. The molecule has 5 heteroatoms. The Morgan fingerprint density at radius 1 is 1.22 bits per heavy atom. The van der Waals surface area contributed by atoms with Gasteiger partial charge in [-0.3, -0.25) is 9.59 Å². The number of imide groups is 1. The molecular formula is C13H11BrClNO2. The Kier molecular flexibility index (Phi) is 2.42. The first-order chi connectivity index (χ1) is 8.35. The molecular weight excluding hydrogens is 318 g/mol. The van der Waals surface area contributed by atoms with Gasteiger partial charge in [-0.2, -0.15) is 0 Å². The topological polar surface area (TPSA) is 37.4 Å². The number of piperidine rings is 1. The summed E-state index contributed by atoms with van der Waals surface area (Å²) in [5.41, 5.74) is 0.404. The summed E-state index contributed by atoms with van der Waals surface area (Å²) in [6.07, 6.45) is 0. The summed E-state index contributed by atoms with van der Waals surface area (Å²) in [5.74, 6) is -0.517. The van der Waals surface area contributed by atoms with E-state index in [1.165, 1.54) is 4.90 Å². The molecule has 0 radical (unpaired) electrons.